The second kappa shape index (κ2) is 11.2. The number of aromatic nitrogens is 1. The number of nitrogens with one attached hydrogen (secondary N) is 2. The molecular weight excluding hydrogens is 412 g/mol. The largest absolute Gasteiger partial charge is 0.489 e. The molecule has 0 radical (unpaired) electrons. The second-order valence-electron chi connectivity index (χ2n) is 7.40. The molecule has 2 unspecified atom stereocenters. The second-order valence-corrected chi connectivity index (χ2v) is 7.40. The molecule has 2 aromatic rings. The molecule has 0 bridgehead atoms. The summed E-state index contributed by atoms with van der Waals surface area (Å²) in [5.74, 6) is -2.00. The molecule has 0 saturated carbocycles. The summed E-state index contributed by atoms with van der Waals surface area (Å²) in [6.45, 7) is 6.04. The van der Waals surface area contributed by atoms with Crippen molar-refractivity contribution in [2.24, 2.45) is 0 Å². The lowest BCUT2D eigenvalue weighted by Gasteiger charge is -2.26. The van der Waals surface area contributed by atoms with Gasteiger partial charge in [-0.15, -0.1) is 0 Å². The van der Waals surface area contributed by atoms with Crippen LogP contribution in [0.5, 0.6) is 5.75 Å². The first kappa shape index (κ1) is 23.1. The molecule has 0 spiro atoms. The highest BCUT2D eigenvalue weighted by atomic mass is 19.2. The standard InChI is InChI=1S/C11H13F2NO2.C10H14N2O3/c12-9-2-1-3-10(11(9)13)16-5-4-14-8-6-15-7-8;1-6-3-4-9(15-6)10(13)11-8-5-14-12-7(8)2/h1-3,8,14H,4-7H2;5-6,9H,3-4H2,1-2H3,(H,11,13). The molecule has 2 fully saturated rings. The minimum Gasteiger partial charge on any atom is -0.489 e. The zero-order chi connectivity index (χ0) is 22.2. The van der Waals surface area contributed by atoms with Gasteiger partial charge >= 0.3 is 0 Å². The molecule has 1 amide bonds. The van der Waals surface area contributed by atoms with Crippen molar-refractivity contribution in [3.8, 4) is 5.75 Å². The van der Waals surface area contributed by atoms with Gasteiger partial charge in [0.2, 0.25) is 5.82 Å². The number of amides is 1. The van der Waals surface area contributed by atoms with E-state index in [9.17, 15) is 13.6 Å². The van der Waals surface area contributed by atoms with E-state index in [1.807, 2.05) is 6.92 Å². The summed E-state index contributed by atoms with van der Waals surface area (Å²) in [6, 6.07) is 4.25. The molecule has 3 heterocycles. The Morgan fingerprint density at radius 3 is 2.71 bits per heavy atom. The number of halogens is 2. The summed E-state index contributed by atoms with van der Waals surface area (Å²) in [5, 5.41) is 9.57. The van der Waals surface area contributed by atoms with Crippen molar-refractivity contribution in [1.82, 2.24) is 10.5 Å². The molecule has 4 rings (SSSR count). The number of benzene rings is 1. The number of hydrogen-bond donors (Lipinski definition) is 2. The van der Waals surface area contributed by atoms with Crippen LogP contribution in [-0.4, -0.2) is 55.7 Å². The maximum Gasteiger partial charge on any atom is 0.253 e. The van der Waals surface area contributed by atoms with Crippen molar-refractivity contribution in [2.75, 3.05) is 31.7 Å². The third-order valence-electron chi connectivity index (χ3n) is 4.88. The monoisotopic (exact) mass is 439 g/mol. The Morgan fingerprint density at radius 1 is 1.29 bits per heavy atom. The molecule has 1 aromatic carbocycles. The van der Waals surface area contributed by atoms with Gasteiger partial charge in [0.1, 0.15) is 30.4 Å². The highest BCUT2D eigenvalue weighted by Crippen LogP contribution is 2.21. The topological polar surface area (TPSA) is 94.9 Å². The van der Waals surface area contributed by atoms with Crippen LogP contribution in [0.25, 0.3) is 0 Å². The van der Waals surface area contributed by atoms with Crippen LogP contribution in [0.15, 0.2) is 29.0 Å². The summed E-state index contributed by atoms with van der Waals surface area (Å²) >= 11 is 0. The fourth-order valence-corrected chi connectivity index (χ4v) is 2.99. The normalized spacial score (nSPS) is 20.5. The zero-order valence-electron chi connectivity index (χ0n) is 17.5. The Balaban J connectivity index is 0.000000176. The number of ether oxygens (including phenoxy) is 3. The lowest BCUT2D eigenvalue weighted by molar-refractivity contribution is -0.126. The third kappa shape index (κ3) is 6.71. The van der Waals surface area contributed by atoms with Crippen LogP contribution in [0.1, 0.15) is 25.5 Å². The highest BCUT2D eigenvalue weighted by molar-refractivity contribution is 5.94. The summed E-state index contributed by atoms with van der Waals surface area (Å²) in [6.07, 6.45) is 2.96. The first-order chi connectivity index (χ1) is 14.9. The predicted molar refractivity (Wildman–Crippen MR) is 108 cm³/mol. The van der Waals surface area contributed by atoms with E-state index in [-0.39, 0.29) is 23.9 Å². The Kier molecular flexibility index (Phi) is 8.33. The smallest absolute Gasteiger partial charge is 0.253 e. The number of carbonyl (C=O) groups is 1. The fraction of sp³-hybridized carbons (Fsp3) is 0.524. The van der Waals surface area contributed by atoms with Crippen LogP contribution in [0.3, 0.4) is 0 Å². The maximum absolute atomic E-state index is 13.1. The van der Waals surface area contributed by atoms with Gasteiger partial charge in [0.25, 0.3) is 5.91 Å². The lowest BCUT2D eigenvalue weighted by atomic mass is 10.2. The average Bonchev–Trinajstić information content (AvgIpc) is 3.32. The number of rotatable bonds is 7. The van der Waals surface area contributed by atoms with Crippen molar-refractivity contribution in [1.29, 1.82) is 0 Å². The molecule has 2 saturated heterocycles. The molecule has 170 valence electrons. The molecule has 1 aromatic heterocycles. The van der Waals surface area contributed by atoms with Crippen LogP contribution in [0, 0.1) is 18.6 Å². The molecule has 2 atom stereocenters. The van der Waals surface area contributed by atoms with Gasteiger partial charge in [-0.3, -0.25) is 4.79 Å². The molecule has 2 aliphatic rings. The van der Waals surface area contributed by atoms with E-state index in [0.717, 1.165) is 18.9 Å². The lowest BCUT2D eigenvalue weighted by Crippen LogP contribution is -2.47. The van der Waals surface area contributed by atoms with E-state index in [2.05, 4.69) is 15.8 Å². The number of anilines is 1. The van der Waals surface area contributed by atoms with Crippen LogP contribution in [0.2, 0.25) is 0 Å². The number of nitrogens with zero attached hydrogens (tertiary/aromatic N) is 1. The van der Waals surface area contributed by atoms with Crippen molar-refractivity contribution < 1.29 is 32.3 Å². The van der Waals surface area contributed by atoms with E-state index in [1.54, 1.807) is 6.92 Å². The Bertz CT molecular complexity index is 859. The number of aryl methyl sites for hydroxylation is 1. The quantitative estimate of drug-likeness (QED) is 0.641. The molecule has 8 nitrogen and oxygen atoms in total. The maximum atomic E-state index is 13.1. The van der Waals surface area contributed by atoms with Crippen LogP contribution < -0.4 is 15.4 Å². The first-order valence-electron chi connectivity index (χ1n) is 10.2. The molecular formula is C21H27F2N3O5. The van der Waals surface area contributed by atoms with Gasteiger partial charge in [-0.2, -0.15) is 4.39 Å². The number of hydrogen-bond acceptors (Lipinski definition) is 7. The van der Waals surface area contributed by atoms with E-state index >= 15 is 0 Å². The summed E-state index contributed by atoms with van der Waals surface area (Å²) in [5.41, 5.74) is 1.29. The molecule has 31 heavy (non-hydrogen) atoms. The Morgan fingerprint density at radius 2 is 2.10 bits per heavy atom. The van der Waals surface area contributed by atoms with Crippen molar-refractivity contribution in [3.63, 3.8) is 0 Å². The van der Waals surface area contributed by atoms with Gasteiger partial charge in [0, 0.05) is 6.54 Å². The minimum atomic E-state index is -0.936. The summed E-state index contributed by atoms with van der Waals surface area (Å²) < 4.78 is 46.2. The van der Waals surface area contributed by atoms with Crippen LogP contribution >= 0.6 is 0 Å². The summed E-state index contributed by atoms with van der Waals surface area (Å²) in [7, 11) is 0. The zero-order valence-corrected chi connectivity index (χ0v) is 17.5. The van der Waals surface area contributed by atoms with Crippen LogP contribution in [0.4, 0.5) is 14.5 Å². The molecule has 2 N–H and O–H groups in total. The van der Waals surface area contributed by atoms with E-state index in [4.69, 9.17) is 18.7 Å². The van der Waals surface area contributed by atoms with Crippen molar-refractivity contribution >= 4 is 11.6 Å². The van der Waals surface area contributed by atoms with Gasteiger partial charge < -0.3 is 29.4 Å². The first-order valence-corrected chi connectivity index (χ1v) is 10.2. The highest BCUT2D eigenvalue weighted by Gasteiger charge is 2.28. The molecule has 2 aliphatic heterocycles. The van der Waals surface area contributed by atoms with Crippen molar-refractivity contribution in [3.05, 3.63) is 41.8 Å². The minimum absolute atomic E-state index is 0.0494. The fourth-order valence-electron chi connectivity index (χ4n) is 2.99. The number of carbonyl (C=O) groups excluding carboxylic acids is 1. The third-order valence-corrected chi connectivity index (χ3v) is 4.88. The van der Waals surface area contributed by atoms with Gasteiger partial charge in [-0.1, -0.05) is 11.2 Å². The van der Waals surface area contributed by atoms with Gasteiger partial charge in [-0.25, -0.2) is 4.39 Å². The Labute approximate surface area is 179 Å². The molecule has 0 aliphatic carbocycles. The van der Waals surface area contributed by atoms with Gasteiger partial charge in [-0.05, 0) is 38.8 Å². The van der Waals surface area contributed by atoms with E-state index in [0.29, 0.717) is 43.8 Å². The van der Waals surface area contributed by atoms with E-state index < -0.39 is 11.6 Å². The summed E-state index contributed by atoms with van der Waals surface area (Å²) in [4.78, 5) is 11.7. The average molecular weight is 439 g/mol. The van der Waals surface area contributed by atoms with Crippen molar-refractivity contribution in [2.45, 2.75) is 44.9 Å². The van der Waals surface area contributed by atoms with Gasteiger partial charge in [0.05, 0.1) is 25.4 Å². The molecule has 10 heteroatoms. The van der Waals surface area contributed by atoms with Crippen LogP contribution in [-0.2, 0) is 14.3 Å². The SMILES string of the molecule is Cc1nocc1NC(=O)C1CCC(C)O1.Fc1cccc(OCCNC2COC2)c1F. The predicted octanol–water partition coefficient (Wildman–Crippen LogP) is 2.82. The Hall–Kier alpha value is -2.56. The van der Waals surface area contributed by atoms with Gasteiger partial charge in [0.15, 0.2) is 11.6 Å². The van der Waals surface area contributed by atoms with E-state index in [1.165, 1.54) is 18.4 Å².